The number of anilines is 2. The van der Waals surface area contributed by atoms with Crippen molar-refractivity contribution in [3.8, 4) is 17.0 Å². The van der Waals surface area contributed by atoms with E-state index < -0.39 is 5.82 Å². The average Bonchev–Trinajstić information content (AvgIpc) is 3.22. The fourth-order valence-corrected chi connectivity index (χ4v) is 4.41. The van der Waals surface area contributed by atoms with E-state index >= 15 is 0 Å². The Balaban J connectivity index is 1.64. The predicted molar refractivity (Wildman–Crippen MR) is 131 cm³/mol. The predicted octanol–water partition coefficient (Wildman–Crippen LogP) is 3.13. The molecule has 1 aliphatic rings. The van der Waals surface area contributed by atoms with E-state index in [-0.39, 0.29) is 23.5 Å². The molecule has 178 valence electrons. The number of hydrogen-bond acceptors (Lipinski definition) is 7. The van der Waals surface area contributed by atoms with Gasteiger partial charge in [0.15, 0.2) is 5.65 Å². The van der Waals surface area contributed by atoms with Crippen molar-refractivity contribution in [3.63, 3.8) is 0 Å². The summed E-state index contributed by atoms with van der Waals surface area (Å²) in [7, 11) is 3.70. The fraction of sp³-hybridized carbons (Fsp3) is 0.200. The van der Waals surface area contributed by atoms with E-state index in [1.165, 1.54) is 24.5 Å². The lowest BCUT2D eigenvalue weighted by Crippen LogP contribution is -2.40. The van der Waals surface area contributed by atoms with Crippen LogP contribution in [0.4, 0.5) is 15.9 Å². The van der Waals surface area contributed by atoms with Gasteiger partial charge in [0, 0.05) is 50.2 Å². The highest BCUT2D eigenvalue weighted by atomic mass is 19.1. The third-order valence-corrected chi connectivity index (χ3v) is 5.93. The minimum absolute atomic E-state index is 0.156. The number of rotatable bonds is 4. The molecule has 0 fully saturated rings. The van der Waals surface area contributed by atoms with Crippen LogP contribution >= 0.6 is 0 Å². The highest BCUT2D eigenvalue weighted by Gasteiger charge is 2.31. The largest absolute Gasteiger partial charge is 0.508 e. The zero-order valence-electron chi connectivity index (χ0n) is 19.3. The van der Waals surface area contributed by atoms with Gasteiger partial charge in [-0.3, -0.25) is 4.79 Å². The van der Waals surface area contributed by atoms with Crippen LogP contribution in [0.5, 0.6) is 5.75 Å². The van der Waals surface area contributed by atoms with Crippen molar-refractivity contribution in [2.24, 2.45) is 0 Å². The first kappa shape index (κ1) is 22.3. The van der Waals surface area contributed by atoms with Crippen molar-refractivity contribution < 1.29 is 14.3 Å². The van der Waals surface area contributed by atoms with Gasteiger partial charge in [0.2, 0.25) is 0 Å². The summed E-state index contributed by atoms with van der Waals surface area (Å²) in [4.78, 5) is 25.2. The lowest BCUT2D eigenvalue weighted by molar-refractivity contribution is -0.114. The molecule has 0 spiro atoms. The Morgan fingerprint density at radius 3 is 2.80 bits per heavy atom. The summed E-state index contributed by atoms with van der Waals surface area (Å²) in [5, 5.41) is 15.2. The lowest BCUT2D eigenvalue weighted by atomic mass is 9.97. The smallest absolute Gasteiger partial charge is 0.252 e. The van der Waals surface area contributed by atoms with Gasteiger partial charge >= 0.3 is 0 Å². The Morgan fingerprint density at radius 1 is 1.23 bits per heavy atom. The highest BCUT2D eigenvalue weighted by molar-refractivity contribution is 6.02. The van der Waals surface area contributed by atoms with E-state index in [4.69, 9.17) is 10.8 Å². The molecular weight excluding hydrogens is 449 g/mol. The number of amides is 1. The number of phenolic OH excluding ortho intramolecular Hbond substituents is 1. The number of hydrogen-bond donors (Lipinski definition) is 2. The number of halogens is 1. The van der Waals surface area contributed by atoms with Gasteiger partial charge in [0.1, 0.15) is 29.4 Å². The van der Waals surface area contributed by atoms with E-state index in [0.29, 0.717) is 35.3 Å². The normalized spacial score (nSPS) is 15.5. The Bertz CT molecular complexity index is 1440. The van der Waals surface area contributed by atoms with Crippen LogP contribution < -0.4 is 10.6 Å². The molecule has 9 nitrogen and oxygen atoms in total. The second kappa shape index (κ2) is 8.71. The molecule has 0 aliphatic carbocycles. The Hall–Kier alpha value is -4.47. The van der Waals surface area contributed by atoms with Crippen molar-refractivity contribution in [2.75, 3.05) is 31.3 Å². The number of phenols is 1. The summed E-state index contributed by atoms with van der Waals surface area (Å²) >= 11 is 0. The summed E-state index contributed by atoms with van der Waals surface area (Å²) in [6.45, 7) is 0.349. The second-order valence-corrected chi connectivity index (χ2v) is 8.66. The quantitative estimate of drug-likeness (QED) is 0.438. The van der Waals surface area contributed by atoms with Crippen molar-refractivity contribution in [3.05, 3.63) is 72.4 Å². The van der Waals surface area contributed by atoms with Gasteiger partial charge in [0.05, 0.1) is 11.4 Å². The van der Waals surface area contributed by atoms with Crippen LogP contribution in [0.15, 0.2) is 61.1 Å². The molecule has 2 aromatic carbocycles. The van der Waals surface area contributed by atoms with Crippen molar-refractivity contribution in [1.82, 2.24) is 24.6 Å². The number of nitrogens with zero attached hydrogens (tertiary/aromatic N) is 6. The second-order valence-electron chi connectivity index (χ2n) is 8.66. The van der Waals surface area contributed by atoms with Crippen molar-refractivity contribution >= 4 is 28.4 Å². The number of nitrogens with two attached hydrogens (primary N) is 1. The van der Waals surface area contributed by atoms with Crippen molar-refractivity contribution in [1.29, 1.82) is 0 Å². The van der Waals surface area contributed by atoms with Gasteiger partial charge in [-0.25, -0.2) is 19.0 Å². The number of aromatic hydroxyl groups is 1. The molecule has 0 saturated carbocycles. The first-order valence-electron chi connectivity index (χ1n) is 11.0. The van der Waals surface area contributed by atoms with E-state index in [2.05, 4.69) is 9.97 Å². The average molecular weight is 474 g/mol. The zero-order chi connectivity index (χ0) is 24.7. The molecular formula is C25H24FN7O2. The number of nitrogen functional groups attached to an aromatic ring is 1. The van der Waals surface area contributed by atoms with Gasteiger partial charge < -0.3 is 20.6 Å². The monoisotopic (exact) mass is 473 g/mol. The van der Waals surface area contributed by atoms with Crippen LogP contribution in [0.1, 0.15) is 11.6 Å². The van der Waals surface area contributed by atoms with Gasteiger partial charge in [-0.1, -0.05) is 18.2 Å². The minimum Gasteiger partial charge on any atom is -0.508 e. The first-order chi connectivity index (χ1) is 16.8. The van der Waals surface area contributed by atoms with E-state index in [0.717, 1.165) is 17.3 Å². The van der Waals surface area contributed by atoms with Gasteiger partial charge in [-0.2, -0.15) is 5.10 Å². The number of aromatic nitrogens is 4. The molecule has 2 aromatic heterocycles. The van der Waals surface area contributed by atoms with Crippen molar-refractivity contribution in [2.45, 2.75) is 12.5 Å². The maximum Gasteiger partial charge on any atom is 0.252 e. The van der Waals surface area contributed by atoms with E-state index in [9.17, 15) is 14.3 Å². The summed E-state index contributed by atoms with van der Waals surface area (Å²) in [5.41, 5.74) is 9.21. The molecule has 1 atom stereocenters. The SMILES string of the molecule is CN(C)C=CC(=O)N1CC(n2nc(-c3cc(O)cc(F)c3)c3c(N)ncnc32)Cc2ccccc21. The fourth-order valence-electron chi connectivity index (χ4n) is 4.41. The zero-order valence-corrected chi connectivity index (χ0v) is 19.3. The van der Waals surface area contributed by atoms with Crippen LogP contribution in [-0.4, -0.2) is 56.3 Å². The molecule has 0 saturated heterocycles. The topological polar surface area (TPSA) is 113 Å². The van der Waals surface area contributed by atoms with E-state index in [1.807, 2.05) is 38.4 Å². The minimum atomic E-state index is -0.603. The van der Waals surface area contributed by atoms with Crippen LogP contribution in [0.2, 0.25) is 0 Å². The lowest BCUT2D eigenvalue weighted by Gasteiger charge is -2.34. The van der Waals surface area contributed by atoms with Crippen LogP contribution in [-0.2, 0) is 11.2 Å². The molecule has 4 aromatic rings. The van der Waals surface area contributed by atoms with Crippen LogP contribution in [0.25, 0.3) is 22.3 Å². The Morgan fingerprint density at radius 2 is 2.03 bits per heavy atom. The molecule has 1 aliphatic heterocycles. The number of carbonyl (C=O) groups excluding carboxylic acids is 1. The molecule has 0 radical (unpaired) electrons. The van der Waals surface area contributed by atoms with Gasteiger partial charge in [-0.05, 0) is 30.2 Å². The third-order valence-electron chi connectivity index (χ3n) is 5.93. The molecule has 5 rings (SSSR count). The summed E-state index contributed by atoms with van der Waals surface area (Å²) in [6, 6.07) is 11.2. The van der Waals surface area contributed by atoms with Gasteiger partial charge in [-0.15, -0.1) is 0 Å². The van der Waals surface area contributed by atoms with Gasteiger partial charge in [0.25, 0.3) is 5.91 Å². The number of carbonyl (C=O) groups is 1. The van der Waals surface area contributed by atoms with Crippen LogP contribution in [0, 0.1) is 5.82 Å². The molecule has 1 amide bonds. The molecule has 1 unspecified atom stereocenters. The summed E-state index contributed by atoms with van der Waals surface area (Å²) in [5.74, 6) is -0.793. The molecule has 35 heavy (non-hydrogen) atoms. The first-order valence-corrected chi connectivity index (χ1v) is 11.0. The summed E-state index contributed by atoms with van der Waals surface area (Å²) in [6.07, 6.45) is 5.19. The number of benzene rings is 2. The standard InChI is InChI=1S/C25H24FN7O2/c1-31(2)8-7-21(35)32-13-18(10-15-5-3-4-6-20(15)32)33-25-22(24(27)28-14-29-25)23(30-33)16-9-17(26)12-19(34)11-16/h3-9,11-12,14,18,34H,10,13H2,1-2H3,(H2,27,28,29). The van der Waals surface area contributed by atoms with Crippen LogP contribution in [0.3, 0.4) is 0 Å². The molecule has 3 heterocycles. The molecule has 10 heteroatoms. The van der Waals surface area contributed by atoms with E-state index in [1.54, 1.807) is 20.7 Å². The molecule has 0 bridgehead atoms. The Labute approximate surface area is 200 Å². The maximum absolute atomic E-state index is 14.1. The highest BCUT2D eigenvalue weighted by Crippen LogP contribution is 2.37. The Kier molecular flexibility index (Phi) is 5.56. The summed E-state index contributed by atoms with van der Waals surface area (Å²) < 4.78 is 15.8. The molecule has 3 N–H and O–H groups in total. The number of para-hydroxylation sites is 1. The maximum atomic E-state index is 14.1. The third kappa shape index (κ3) is 4.14. The number of fused-ring (bicyclic) bond motifs is 2.